The number of hydrogen-bond donors (Lipinski definition) is 2. The number of hydrogen-bond acceptors (Lipinski definition) is 3. The van der Waals surface area contributed by atoms with Gasteiger partial charge in [0, 0.05) is 23.5 Å². The predicted octanol–water partition coefficient (Wildman–Crippen LogP) is 1.63. The highest BCUT2D eigenvalue weighted by Crippen LogP contribution is 2.14. The maximum absolute atomic E-state index is 3.64. The van der Waals surface area contributed by atoms with E-state index in [2.05, 4.69) is 35.1 Å². The second-order valence-corrected chi connectivity index (χ2v) is 5.28. The smallest absolute Gasteiger partial charge is 0.0290 e. The summed E-state index contributed by atoms with van der Waals surface area (Å²) in [6.45, 7) is 5.67. The van der Waals surface area contributed by atoms with Crippen LogP contribution in [0.3, 0.4) is 0 Å². The van der Waals surface area contributed by atoms with E-state index in [-0.39, 0.29) is 0 Å². The van der Waals surface area contributed by atoms with Crippen molar-refractivity contribution in [1.82, 2.24) is 10.6 Å². The first kappa shape index (κ1) is 10.1. The Bertz CT molecular complexity index is 263. The summed E-state index contributed by atoms with van der Waals surface area (Å²) in [5, 5.41) is 9.18. The minimum absolute atomic E-state index is 0.331. The van der Waals surface area contributed by atoms with Crippen molar-refractivity contribution in [2.75, 3.05) is 19.6 Å². The molecule has 0 radical (unpaired) electrons. The molecule has 1 saturated heterocycles. The summed E-state index contributed by atoms with van der Waals surface area (Å²) in [7, 11) is 0. The zero-order valence-corrected chi connectivity index (χ0v) is 9.49. The Labute approximate surface area is 89.7 Å². The second kappa shape index (κ2) is 4.43. The second-order valence-electron chi connectivity index (χ2n) is 4.24. The van der Waals surface area contributed by atoms with Crippen molar-refractivity contribution in [3.05, 3.63) is 22.4 Å². The largest absolute Gasteiger partial charge is 0.315 e. The van der Waals surface area contributed by atoms with Crippen LogP contribution in [0.25, 0.3) is 0 Å². The lowest BCUT2D eigenvalue weighted by molar-refractivity contribution is 0.391. The zero-order valence-electron chi connectivity index (χ0n) is 8.68. The first-order chi connectivity index (χ1) is 6.79. The van der Waals surface area contributed by atoms with Crippen LogP contribution in [0.5, 0.6) is 0 Å². The molecule has 2 nitrogen and oxygen atoms in total. The summed E-state index contributed by atoms with van der Waals surface area (Å²) in [5.74, 6) is 0. The van der Waals surface area contributed by atoms with E-state index < -0.39 is 0 Å². The molecule has 0 aromatic carbocycles. The van der Waals surface area contributed by atoms with Crippen molar-refractivity contribution < 1.29 is 0 Å². The fourth-order valence-corrected chi connectivity index (χ4v) is 2.62. The SMILES string of the molecule is CC1(NCCc2cccs2)CCNC1. The average molecular weight is 210 g/mol. The van der Waals surface area contributed by atoms with Crippen molar-refractivity contribution in [3.8, 4) is 0 Å². The fourth-order valence-electron chi connectivity index (χ4n) is 1.91. The van der Waals surface area contributed by atoms with Crippen molar-refractivity contribution in [2.45, 2.75) is 25.3 Å². The predicted molar refractivity (Wildman–Crippen MR) is 61.9 cm³/mol. The van der Waals surface area contributed by atoms with Crippen LogP contribution >= 0.6 is 11.3 Å². The van der Waals surface area contributed by atoms with Crippen molar-refractivity contribution in [3.63, 3.8) is 0 Å². The Morgan fingerprint density at radius 2 is 2.57 bits per heavy atom. The molecule has 1 aromatic heterocycles. The zero-order chi connectivity index (χ0) is 9.86. The van der Waals surface area contributed by atoms with Gasteiger partial charge in [0.15, 0.2) is 0 Å². The van der Waals surface area contributed by atoms with Gasteiger partial charge >= 0.3 is 0 Å². The minimum Gasteiger partial charge on any atom is -0.315 e. The van der Waals surface area contributed by atoms with Crippen LogP contribution in [0.2, 0.25) is 0 Å². The summed E-state index contributed by atoms with van der Waals surface area (Å²) in [5.41, 5.74) is 0.331. The van der Waals surface area contributed by atoms with Crippen LogP contribution in [0.1, 0.15) is 18.2 Å². The monoisotopic (exact) mass is 210 g/mol. The molecule has 0 saturated carbocycles. The van der Waals surface area contributed by atoms with Crippen LogP contribution in [0, 0.1) is 0 Å². The Hall–Kier alpha value is -0.380. The molecule has 2 rings (SSSR count). The summed E-state index contributed by atoms with van der Waals surface area (Å²) >= 11 is 1.85. The van der Waals surface area contributed by atoms with E-state index >= 15 is 0 Å². The molecule has 0 amide bonds. The van der Waals surface area contributed by atoms with Gasteiger partial charge in [0.1, 0.15) is 0 Å². The Balaban J connectivity index is 1.72. The third kappa shape index (κ3) is 2.56. The van der Waals surface area contributed by atoms with E-state index in [1.165, 1.54) is 11.3 Å². The molecule has 1 fully saturated rings. The van der Waals surface area contributed by atoms with E-state index in [1.54, 1.807) is 0 Å². The average Bonchev–Trinajstić information content (AvgIpc) is 2.77. The molecule has 1 unspecified atom stereocenters. The lowest BCUT2D eigenvalue weighted by atomic mass is 10.0. The third-order valence-corrected chi connectivity index (χ3v) is 3.81. The maximum atomic E-state index is 3.64. The molecular weight excluding hydrogens is 192 g/mol. The first-order valence-electron chi connectivity index (χ1n) is 5.27. The molecule has 0 bridgehead atoms. The lowest BCUT2D eigenvalue weighted by Gasteiger charge is -2.24. The molecule has 2 heterocycles. The van der Waals surface area contributed by atoms with Gasteiger partial charge in [-0.15, -0.1) is 11.3 Å². The number of thiophene rings is 1. The van der Waals surface area contributed by atoms with E-state index in [0.717, 1.165) is 26.1 Å². The van der Waals surface area contributed by atoms with Crippen molar-refractivity contribution in [1.29, 1.82) is 0 Å². The molecule has 78 valence electrons. The van der Waals surface area contributed by atoms with Gasteiger partial charge in [-0.3, -0.25) is 0 Å². The fraction of sp³-hybridized carbons (Fsp3) is 0.636. The number of rotatable bonds is 4. The normalized spacial score (nSPS) is 26.9. The lowest BCUT2D eigenvalue weighted by Crippen LogP contribution is -2.44. The van der Waals surface area contributed by atoms with Crippen LogP contribution in [0.15, 0.2) is 17.5 Å². The maximum Gasteiger partial charge on any atom is 0.0290 e. The highest BCUT2D eigenvalue weighted by Gasteiger charge is 2.26. The molecule has 0 aliphatic carbocycles. The molecular formula is C11H18N2S. The van der Waals surface area contributed by atoms with Gasteiger partial charge in [-0.25, -0.2) is 0 Å². The summed E-state index contributed by atoms with van der Waals surface area (Å²) in [6, 6.07) is 4.33. The summed E-state index contributed by atoms with van der Waals surface area (Å²) in [4.78, 5) is 1.48. The third-order valence-electron chi connectivity index (χ3n) is 2.87. The standard InChI is InChI=1S/C11H18N2S/c1-11(5-7-12-9-11)13-6-4-10-3-2-8-14-10/h2-3,8,12-13H,4-7,9H2,1H3. The molecule has 1 atom stereocenters. The van der Waals surface area contributed by atoms with Gasteiger partial charge in [-0.05, 0) is 37.8 Å². The highest BCUT2D eigenvalue weighted by molar-refractivity contribution is 7.09. The van der Waals surface area contributed by atoms with Gasteiger partial charge in [0.2, 0.25) is 0 Å². The molecule has 0 spiro atoms. The summed E-state index contributed by atoms with van der Waals surface area (Å²) in [6.07, 6.45) is 2.41. The van der Waals surface area contributed by atoms with Crippen LogP contribution in [-0.4, -0.2) is 25.2 Å². The minimum atomic E-state index is 0.331. The quantitative estimate of drug-likeness (QED) is 0.789. The van der Waals surface area contributed by atoms with Crippen molar-refractivity contribution in [2.24, 2.45) is 0 Å². The highest BCUT2D eigenvalue weighted by atomic mass is 32.1. The molecule has 14 heavy (non-hydrogen) atoms. The molecule has 2 N–H and O–H groups in total. The van der Waals surface area contributed by atoms with Gasteiger partial charge in [0.25, 0.3) is 0 Å². The molecule has 3 heteroatoms. The molecule has 1 aliphatic rings. The van der Waals surface area contributed by atoms with Crippen LogP contribution < -0.4 is 10.6 Å². The van der Waals surface area contributed by atoms with Gasteiger partial charge in [0.05, 0.1) is 0 Å². The van der Waals surface area contributed by atoms with Crippen LogP contribution in [0.4, 0.5) is 0 Å². The number of nitrogens with one attached hydrogen (secondary N) is 2. The van der Waals surface area contributed by atoms with Crippen LogP contribution in [-0.2, 0) is 6.42 Å². The van der Waals surface area contributed by atoms with Crippen molar-refractivity contribution >= 4 is 11.3 Å². The topological polar surface area (TPSA) is 24.1 Å². The van der Waals surface area contributed by atoms with Gasteiger partial charge in [-0.2, -0.15) is 0 Å². The Morgan fingerprint density at radius 1 is 1.64 bits per heavy atom. The van der Waals surface area contributed by atoms with E-state index in [0.29, 0.717) is 5.54 Å². The van der Waals surface area contributed by atoms with E-state index in [1.807, 2.05) is 11.3 Å². The first-order valence-corrected chi connectivity index (χ1v) is 6.15. The van der Waals surface area contributed by atoms with Gasteiger partial charge in [-0.1, -0.05) is 6.07 Å². The van der Waals surface area contributed by atoms with Gasteiger partial charge < -0.3 is 10.6 Å². The molecule has 1 aliphatic heterocycles. The van der Waals surface area contributed by atoms with E-state index in [9.17, 15) is 0 Å². The summed E-state index contributed by atoms with van der Waals surface area (Å²) < 4.78 is 0. The molecule has 1 aromatic rings. The van der Waals surface area contributed by atoms with E-state index in [4.69, 9.17) is 0 Å². The Kier molecular flexibility index (Phi) is 3.21. The Morgan fingerprint density at radius 3 is 3.21 bits per heavy atom.